The molecular formula is C13H21N3O. The van der Waals surface area contributed by atoms with Crippen molar-refractivity contribution in [2.75, 3.05) is 13.1 Å². The second-order valence-electron chi connectivity index (χ2n) is 5.24. The number of rotatable bonds is 3. The topological polar surface area (TPSA) is 64.9 Å². The van der Waals surface area contributed by atoms with Crippen LogP contribution in [0.1, 0.15) is 38.5 Å². The number of hydrogen-bond donors (Lipinski definition) is 2. The van der Waals surface area contributed by atoms with Crippen LogP contribution in [0.15, 0.2) is 0 Å². The van der Waals surface area contributed by atoms with E-state index in [1.165, 1.54) is 0 Å². The molecule has 2 aliphatic rings. The van der Waals surface area contributed by atoms with E-state index in [0.29, 0.717) is 5.92 Å². The maximum Gasteiger partial charge on any atom is 0.237 e. The molecule has 1 saturated carbocycles. The van der Waals surface area contributed by atoms with Crippen molar-refractivity contribution in [2.45, 2.75) is 44.6 Å². The van der Waals surface area contributed by atoms with Crippen LogP contribution in [-0.2, 0) is 4.79 Å². The Hall–Kier alpha value is -1.08. The van der Waals surface area contributed by atoms with Crippen molar-refractivity contribution in [2.24, 2.45) is 11.8 Å². The number of nitrogens with zero attached hydrogens (tertiary/aromatic N) is 1. The molecule has 17 heavy (non-hydrogen) atoms. The van der Waals surface area contributed by atoms with Crippen LogP contribution in [0.2, 0.25) is 0 Å². The summed E-state index contributed by atoms with van der Waals surface area (Å²) in [6.45, 7) is 1.75. The summed E-state index contributed by atoms with van der Waals surface area (Å²) in [7, 11) is 0. The summed E-state index contributed by atoms with van der Waals surface area (Å²) in [6.07, 6.45) is 6.23. The van der Waals surface area contributed by atoms with Gasteiger partial charge in [0.1, 0.15) is 0 Å². The van der Waals surface area contributed by atoms with Gasteiger partial charge in [0, 0.05) is 12.5 Å². The van der Waals surface area contributed by atoms with Crippen LogP contribution in [0.3, 0.4) is 0 Å². The normalized spacial score (nSPS) is 33.0. The van der Waals surface area contributed by atoms with Crippen molar-refractivity contribution in [3.05, 3.63) is 0 Å². The molecule has 2 fully saturated rings. The average molecular weight is 235 g/mol. The number of amides is 1. The standard InChI is InChI=1S/C13H21N3O/c14-8-10-3-5-11(6-4-10)9-16-13(17)12-2-1-7-15-12/h10-12,15H,1-7,9H2,(H,16,17)/t10-,11-,12?. The fraction of sp³-hybridized carbons (Fsp3) is 0.846. The molecular weight excluding hydrogens is 214 g/mol. The van der Waals surface area contributed by atoms with Crippen LogP contribution in [0.4, 0.5) is 0 Å². The molecule has 0 aromatic rings. The zero-order valence-corrected chi connectivity index (χ0v) is 10.2. The lowest BCUT2D eigenvalue weighted by Gasteiger charge is -2.25. The molecule has 1 amide bonds. The molecule has 1 aliphatic carbocycles. The fourth-order valence-corrected chi connectivity index (χ4v) is 2.77. The molecule has 0 aromatic carbocycles. The first-order chi connectivity index (χ1) is 8.29. The van der Waals surface area contributed by atoms with E-state index >= 15 is 0 Å². The zero-order valence-electron chi connectivity index (χ0n) is 10.2. The second-order valence-corrected chi connectivity index (χ2v) is 5.24. The molecule has 2 N–H and O–H groups in total. The summed E-state index contributed by atoms with van der Waals surface area (Å²) in [5.41, 5.74) is 0. The van der Waals surface area contributed by atoms with Gasteiger partial charge in [0.05, 0.1) is 12.1 Å². The first-order valence-corrected chi connectivity index (χ1v) is 6.70. The Labute approximate surface area is 103 Å². The highest BCUT2D eigenvalue weighted by atomic mass is 16.2. The van der Waals surface area contributed by atoms with Gasteiger partial charge in [0.25, 0.3) is 0 Å². The number of carbonyl (C=O) groups is 1. The Morgan fingerprint density at radius 1 is 1.29 bits per heavy atom. The third-order valence-corrected chi connectivity index (χ3v) is 3.97. The molecule has 1 atom stereocenters. The van der Waals surface area contributed by atoms with Gasteiger partial charge in [-0.1, -0.05) is 0 Å². The number of nitrogens with one attached hydrogen (secondary N) is 2. The highest BCUT2D eigenvalue weighted by Crippen LogP contribution is 2.27. The van der Waals surface area contributed by atoms with Gasteiger partial charge in [0.2, 0.25) is 5.91 Å². The Morgan fingerprint density at radius 2 is 2.06 bits per heavy atom. The van der Waals surface area contributed by atoms with Crippen molar-refractivity contribution in [1.29, 1.82) is 5.26 Å². The average Bonchev–Trinajstić information content (AvgIpc) is 2.90. The van der Waals surface area contributed by atoms with Crippen LogP contribution in [0, 0.1) is 23.2 Å². The van der Waals surface area contributed by atoms with E-state index in [1.807, 2.05) is 0 Å². The number of hydrogen-bond acceptors (Lipinski definition) is 3. The molecule has 0 radical (unpaired) electrons. The lowest BCUT2D eigenvalue weighted by atomic mass is 9.83. The molecule has 2 rings (SSSR count). The molecule has 1 aliphatic heterocycles. The van der Waals surface area contributed by atoms with Crippen molar-refractivity contribution in [3.63, 3.8) is 0 Å². The number of carbonyl (C=O) groups excluding carboxylic acids is 1. The maximum absolute atomic E-state index is 11.8. The van der Waals surface area contributed by atoms with Crippen LogP contribution in [0.5, 0.6) is 0 Å². The van der Waals surface area contributed by atoms with Crippen molar-refractivity contribution < 1.29 is 4.79 Å². The largest absolute Gasteiger partial charge is 0.354 e. The summed E-state index contributed by atoms with van der Waals surface area (Å²) in [5, 5.41) is 15.1. The zero-order chi connectivity index (χ0) is 12.1. The molecule has 94 valence electrons. The quantitative estimate of drug-likeness (QED) is 0.772. The highest BCUT2D eigenvalue weighted by molar-refractivity contribution is 5.81. The second kappa shape index (κ2) is 6.02. The van der Waals surface area contributed by atoms with E-state index in [-0.39, 0.29) is 17.9 Å². The molecule has 1 unspecified atom stereocenters. The smallest absolute Gasteiger partial charge is 0.237 e. The van der Waals surface area contributed by atoms with E-state index < -0.39 is 0 Å². The van der Waals surface area contributed by atoms with Gasteiger partial charge in [-0.15, -0.1) is 0 Å². The van der Waals surface area contributed by atoms with Gasteiger partial charge in [0.15, 0.2) is 0 Å². The van der Waals surface area contributed by atoms with Gasteiger partial charge in [-0.05, 0) is 51.0 Å². The Bertz CT molecular complexity index is 296. The lowest BCUT2D eigenvalue weighted by molar-refractivity contribution is -0.123. The van der Waals surface area contributed by atoms with Gasteiger partial charge < -0.3 is 10.6 Å². The minimum Gasteiger partial charge on any atom is -0.354 e. The minimum absolute atomic E-state index is 0.0328. The SMILES string of the molecule is N#C[C@H]1CC[C@H](CNC(=O)C2CCCN2)CC1. The van der Waals surface area contributed by atoms with Crippen molar-refractivity contribution >= 4 is 5.91 Å². The van der Waals surface area contributed by atoms with Gasteiger partial charge in [-0.3, -0.25) is 4.79 Å². The van der Waals surface area contributed by atoms with Gasteiger partial charge in [-0.2, -0.15) is 5.26 Å². The van der Waals surface area contributed by atoms with Crippen LogP contribution < -0.4 is 10.6 Å². The van der Waals surface area contributed by atoms with Crippen molar-refractivity contribution in [1.82, 2.24) is 10.6 Å². The molecule has 0 aromatic heterocycles. The molecule has 1 heterocycles. The molecule has 0 bridgehead atoms. The van der Waals surface area contributed by atoms with E-state index in [1.54, 1.807) is 0 Å². The summed E-state index contributed by atoms with van der Waals surface area (Å²) in [5.74, 6) is 0.980. The van der Waals surface area contributed by atoms with E-state index in [2.05, 4.69) is 16.7 Å². The first kappa shape index (κ1) is 12.4. The monoisotopic (exact) mass is 235 g/mol. The van der Waals surface area contributed by atoms with Crippen LogP contribution in [0.25, 0.3) is 0 Å². The lowest BCUT2D eigenvalue weighted by Crippen LogP contribution is -2.42. The van der Waals surface area contributed by atoms with Gasteiger partial charge in [-0.25, -0.2) is 0 Å². The Morgan fingerprint density at radius 3 is 2.65 bits per heavy atom. The van der Waals surface area contributed by atoms with E-state index in [4.69, 9.17) is 5.26 Å². The first-order valence-electron chi connectivity index (χ1n) is 6.70. The predicted molar refractivity (Wildman–Crippen MR) is 65.1 cm³/mol. The molecule has 1 saturated heterocycles. The summed E-state index contributed by atoms with van der Waals surface area (Å²) < 4.78 is 0. The summed E-state index contributed by atoms with van der Waals surface area (Å²) in [6, 6.07) is 2.37. The Balaban J connectivity index is 1.65. The van der Waals surface area contributed by atoms with Gasteiger partial charge >= 0.3 is 0 Å². The van der Waals surface area contributed by atoms with E-state index in [0.717, 1.165) is 51.6 Å². The minimum atomic E-state index is 0.0328. The van der Waals surface area contributed by atoms with Crippen LogP contribution >= 0.6 is 0 Å². The predicted octanol–water partition coefficient (Wildman–Crippen LogP) is 1.18. The van der Waals surface area contributed by atoms with E-state index in [9.17, 15) is 4.79 Å². The summed E-state index contributed by atoms with van der Waals surface area (Å²) >= 11 is 0. The molecule has 4 heteroatoms. The van der Waals surface area contributed by atoms with Crippen molar-refractivity contribution in [3.8, 4) is 6.07 Å². The Kier molecular flexibility index (Phi) is 4.38. The maximum atomic E-state index is 11.8. The number of nitriles is 1. The van der Waals surface area contributed by atoms with Crippen LogP contribution in [-0.4, -0.2) is 25.0 Å². The summed E-state index contributed by atoms with van der Waals surface area (Å²) in [4.78, 5) is 11.8. The highest BCUT2D eigenvalue weighted by Gasteiger charge is 2.24. The third kappa shape index (κ3) is 3.44. The molecule has 0 spiro atoms. The third-order valence-electron chi connectivity index (χ3n) is 3.97. The fourth-order valence-electron chi connectivity index (χ4n) is 2.77. The molecule has 4 nitrogen and oxygen atoms in total.